The molecule has 1 aliphatic heterocycles. The summed E-state index contributed by atoms with van der Waals surface area (Å²) in [5.41, 5.74) is 2.54. The van der Waals surface area contributed by atoms with Crippen LogP contribution in [0, 0.1) is 17.2 Å². The number of benzene rings is 2. The molecule has 5 heteroatoms. The minimum Gasteiger partial charge on any atom is -0.508 e. The molecule has 5 nitrogen and oxygen atoms in total. The fraction of sp³-hybridized carbons (Fsp3) is 0.222. The number of anilines is 1. The number of rotatable bonds is 2. The van der Waals surface area contributed by atoms with Gasteiger partial charge in [0, 0.05) is 23.2 Å². The molecule has 1 unspecified atom stereocenters. The van der Waals surface area contributed by atoms with Crippen molar-refractivity contribution >= 4 is 17.2 Å². The van der Waals surface area contributed by atoms with Gasteiger partial charge in [0.2, 0.25) is 0 Å². The predicted molar refractivity (Wildman–Crippen MR) is 88.6 cm³/mol. The largest absolute Gasteiger partial charge is 0.508 e. The molecule has 2 aromatic rings. The summed E-state index contributed by atoms with van der Waals surface area (Å²) in [6, 6.07) is 13.9. The summed E-state index contributed by atoms with van der Waals surface area (Å²) in [6.07, 6.45) is -0.895. The van der Waals surface area contributed by atoms with Gasteiger partial charge >= 0.3 is 0 Å². The van der Waals surface area contributed by atoms with Crippen molar-refractivity contribution in [3.63, 3.8) is 0 Å². The number of hydrogen-bond donors (Lipinski definition) is 2. The maximum Gasteiger partial charge on any atom is 0.160 e. The van der Waals surface area contributed by atoms with Gasteiger partial charge in [0.05, 0.1) is 17.3 Å². The highest BCUT2D eigenvalue weighted by Crippen LogP contribution is 2.39. The highest BCUT2D eigenvalue weighted by Gasteiger charge is 2.31. The van der Waals surface area contributed by atoms with Crippen LogP contribution < -0.4 is 4.90 Å². The van der Waals surface area contributed by atoms with Gasteiger partial charge in [-0.1, -0.05) is 13.8 Å². The smallest absolute Gasteiger partial charge is 0.160 e. The van der Waals surface area contributed by atoms with Gasteiger partial charge in [-0.3, -0.25) is 4.90 Å². The molecule has 2 N–H and O–H groups in total. The number of aliphatic imine (C=N–C) groups is 1. The molecule has 0 fully saturated rings. The van der Waals surface area contributed by atoms with Gasteiger partial charge in [0.1, 0.15) is 11.6 Å². The van der Waals surface area contributed by atoms with Gasteiger partial charge in [0.25, 0.3) is 0 Å². The predicted octanol–water partition coefficient (Wildman–Crippen LogP) is 3.46. The van der Waals surface area contributed by atoms with E-state index in [2.05, 4.69) is 11.1 Å². The molecule has 0 amide bonds. The third-order valence-electron chi connectivity index (χ3n) is 3.81. The van der Waals surface area contributed by atoms with Crippen molar-refractivity contribution in [2.24, 2.45) is 10.9 Å². The van der Waals surface area contributed by atoms with Crippen LogP contribution in [0.1, 0.15) is 31.2 Å². The zero-order chi connectivity index (χ0) is 16.6. The van der Waals surface area contributed by atoms with E-state index in [1.54, 1.807) is 41.3 Å². The molecule has 3 rings (SSSR count). The number of nitriles is 1. The molecular formula is C18H17N3O2. The summed E-state index contributed by atoms with van der Waals surface area (Å²) < 4.78 is 0. The van der Waals surface area contributed by atoms with E-state index < -0.39 is 6.23 Å². The number of nitrogens with zero attached hydrogens (tertiary/aromatic N) is 3. The van der Waals surface area contributed by atoms with Gasteiger partial charge in [-0.25, -0.2) is 4.99 Å². The third-order valence-corrected chi connectivity index (χ3v) is 3.81. The quantitative estimate of drug-likeness (QED) is 0.890. The standard InChI is InChI=1S/C18H17N3O2/c1-11(2)17-20-16-9-14(22)7-8-15(16)18(23)21(17)13-5-3-12(10-19)4-6-13/h3-9,11,18,22-23H,1-2H3. The van der Waals surface area contributed by atoms with E-state index in [4.69, 9.17) is 5.26 Å². The molecule has 0 saturated carbocycles. The fourth-order valence-corrected chi connectivity index (χ4v) is 2.67. The van der Waals surface area contributed by atoms with Crippen LogP contribution in [0.15, 0.2) is 47.5 Å². The minimum atomic E-state index is -0.895. The number of hydrogen-bond acceptors (Lipinski definition) is 5. The maximum atomic E-state index is 10.8. The van der Waals surface area contributed by atoms with Crippen molar-refractivity contribution in [2.75, 3.05) is 4.90 Å². The summed E-state index contributed by atoms with van der Waals surface area (Å²) >= 11 is 0. The summed E-state index contributed by atoms with van der Waals surface area (Å²) in [7, 11) is 0. The van der Waals surface area contributed by atoms with Crippen LogP contribution in [0.2, 0.25) is 0 Å². The van der Waals surface area contributed by atoms with Gasteiger partial charge < -0.3 is 10.2 Å². The Hall–Kier alpha value is -2.84. The summed E-state index contributed by atoms with van der Waals surface area (Å²) in [4.78, 5) is 6.37. The van der Waals surface area contributed by atoms with Crippen LogP contribution >= 0.6 is 0 Å². The normalized spacial score (nSPS) is 16.7. The van der Waals surface area contributed by atoms with E-state index in [1.807, 2.05) is 13.8 Å². The van der Waals surface area contributed by atoms with Gasteiger partial charge in [-0.05, 0) is 36.4 Å². The van der Waals surface area contributed by atoms with Crippen LogP contribution in [0.5, 0.6) is 5.75 Å². The zero-order valence-electron chi connectivity index (χ0n) is 12.9. The van der Waals surface area contributed by atoms with Crippen molar-refractivity contribution in [3.8, 4) is 11.8 Å². The number of phenols is 1. The number of aliphatic hydroxyl groups excluding tert-OH is 1. The highest BCUT2D eigenvalue weighted by atomic mass is 16.3. The summed E-state index contributed by atoms with van der Waals surface area (Å²) in [5, 5.41) is 29.4. The molecule has 1 heterocycles. The Morgan fingerprint density at radius 1 is 1.17 bits per heavy atom. The molecule has 116 valence electrons. The van der Waals surface area contributed by atoms with Crippen LogP contribution in [0.3, 0.4) is 0 Å². The van der Waals surface area contributed by atoms with Gasteiger partial charge in [-0.15, -0.1) is 0 Å². The van der Waals surface area contributed by atoms with E-state index >= 15 is 0 Å². The summed E-state index contributed by atoms with van der Waals surface area (Å²) in [6.45, 7) is 3.99. The molecule has 23 heavy (non-hydrogen) atoms. The van der Waals surface area contributed by atoms with Crippen molar-refractivity contribution < 1.29 is 10.2 Å². The minimum absolute atomic E-state index is 0.0794. The monoisotopic (exact) mass is 307 g/mol. The molecule has 0 radical (unpaired) electrons. The molecule has 0 spiro atoms. The van der Waals surface area contributed by atoms with Crippen LogP contribution in [-0.2, 0) is 0 Å². The first-order valence-corrected chi connectivity index (χ1v) is 7.40. The molecule has 2 aromatic carbocycles. The molecule has 0 bridgehead atoms. The lowest BCUT2D eigenvalue weighted by Gasteiger charge is -2.36. The fourth-order valence-electron chi connectivity index (χ4n) is 2.67. The average Bonchev–Trinajstić information content (AvgIpc) is 2.54. The number of amidine groups is 1. The lowest BCUT2D eigenvalue weighted by molar-refractivity contribution is 0.185. The van der Waals surface area contributed by atoms with Crippen molar-refractivity contribution in [2.45, 2.75) is 20.1 Å². The Labute approximate surface area is 134 Å². The van der Waals surface area contributed by atoms with Crippen LogP contribution in [0.25, 0.3) is 0 Å². The second kappa shape index (κ2) is 5.75. The topological polar surface area (TPSA) is 79.9 Å². The molecule has 0 aliphatic carbocycles. The first kappa shape index (κ1) is 15.1. The first-order chi connectivity index (χ1) is 11.0. The Morgan fingerprint density at radius 3 is 2.48 bits per heavy atom. The van der Waals surface area contributed by atoms with E-state index in [0.29, 0.717) is 22.6 Å². The Kier molecular flexibility index (Phi) is 3.77. The maximum absolute atomic E-state index is 10.8. The van der Waals surface area contributed by atoms with Crippen LogP contribution in [-0.4, -0.2) is 16.0 Å². The van der Waals surface area contributed by atoms with E-state index in [1.165, 1.54) is 6.07 Å². The number of aromatic hydroxyl groups is 1. The molecule has 1 atom stereocenters. The zero-order valence-corrected chi connectivity index (χ0v) is 12.9. The van der Waals surface area contributed by atoms with Crippen molar-refractivity contribution in [1.82, 2.24) is 0 Å². The second-order valence-corrected chi connectivity index (χ2v) is 5.77. The Bertz CT molecular complexity index is 804. The molecule has 1 aliphatic rings. The second-order valence-electron chi connectivity index (χ2n) is 5.77. The average molecular weight is 307 g/mol. The van der Waals surface area contributed by atoms with Gasteiger partial charge in [0.15, 0.2) is 6.23 Å². The Balaban J connectivity index is 2.12. The molecule has 0 aromatic heterocycles. The van der Waals surface area contributed by atoms with E-state index in [-0.39, 0.29) is 11.7 Å². The van der Waals surface area contributed by atoms with Gasteiger partial charge in [-0.2, -0.15) is 5.26 Å². The lowest BCUT2D eigenvalue weighted by Crippen LogP contribution is -2.40. The van der Waals surface area contributed by atoms with Crippen molar-refractivity contribution in [1.29, 1.82) is 5.26 Å². The molecular weight excluding hydrogens is 290 g/mol. The number of fused-ring (bicyclic) bond motifs is 1. The first-order valence-electron chi connectivity index (χ1n) is 7.40. The van der Waals surface area contributed by atoms with Crippen molar-refractivity contribution in [3.05, 3.63) is 53.6 Å². The van der Waals surface area contributed by atoms with E-state index in [0.717, 1.165) is 5.69 Å². The third kappa shape index (κ3) is 2.65. The number of aliphatic hydroxyl groups is 1. The molecule has 0 saturated heterocycles. The van der Waals surface area contributed by atoms with E-state index in [9.17, 15) is 10.2 Å². The number of phenolic OH excluding ortho intramolecular Hbond substituents is 1. The van der Waals surface area contributed by atoms with Crippen LogP contribution in [0.4, 0.5) is 11.4 Å². The SMILES string of the molecule is CC(C)C1=Nc2cc(O)ccc2C(O)N1c1ccc(C#N)cc1. The summed E-state index contributed by atoms with van der Waals surface area (Å²) in [5.74, 6) is 0.908. The Morgan fingerprint density at radius 2 is 1.87 bits per heavy atom. The lowest BCUT2D eigenvalue weighted by atomic mass is 10.0. The highest BCUT2D eigenvalue weighted by molar-refractivity contribution is 6.02.